The van der Waals surface area contributed by atoms with Crippen LogP contribution >= 0.6 is 0 Å². The van der Waals surface area contributed by atoms with Crippen LogP contribution in [0.3, 0.4) is 0 Å². The molecule has 0 saturated heterocycles. The first kappa shape index (κ1) is 37.6. The topological polar surface area (TPSA) is 38.7 Å². The second-order valence-corrected chi connectivity index (χ2v) is 17.8. The largest absolute Gasteiger partial charge is 0.208 e. The zero-order chi connectivity index (χ0) is 44.1. The molecule has 1 heterocycles. The number of benzene rings is 11. The van der Waals surface area contributed by atoms with Crippen LogP contribution in [0.15, 0.2) is 237 Å². The highest BCUT2D eigenvalue weighted by Crippen LogP contribution is 2.64. The van der Waals surface area contributed by atoms with Crippen molar-refractivity contribution in [1.82, 2.24) is 15.0 Å². The Kier molecular flexibility index (Phi) is 8.20. The Bertz CT molecular complexity index is 3950. The number of hydrogen-bond donors (Lipinski definition) is 0. The molecule has 12 aromatic rings. The van der Waals surface area contributed by atoms with E-state index in [4.69, 9.17) is 15.0 Å². The van der Waals surface area contributed by atoms with E-state index in [1.807, 2.05) is 24.3 Å². The smallest absolute Gasteiger partial charge is 0.164 e. The summed E-state index contributed by atoms with van der Waals surface area (Å²) in [4.78, 5) is 15.2. The fourth-order valence-electron chi connectivity index (χ4n) is 11.3. The molecular weight excluding hydrogens is 811 g/mol. The lowest BCUT2D eigenvalue weighted by atomic mass is 9.70. The normalized spacial score (nSPS) is 14.3. The van der Waals surface area contributed by atoms with E-state index in [9.17, 15) is 0 Å². The Balaban J connectivity index is 0.914. The van der Waals surface area contributed by atoms with Crippen molar-refractivity contribution in [1.29, 1.82) is 0 Å². The molecule has 14 rings (SSSR count). The first-order valence-electron chi connectivity index (χ1n) is 23.0. The van der Waals surface area contributed by atoms with Crippen molar-refractivity contribution < 1.29 is 0 Å². The van der Waals surface area contributed by atoms with Crippen LogP contribution in [0.4, 0.5) is 0 Å². The van der Waals surface area contributed by atoms with Crippen LogP contribution < -0.4 is 0 Å². The van der Waals surface area contributed by atoms with Crippen molar-refractivity contribution in [3.05, 3.63) is 259 Å². The summed E-state index contributed by atoms with van der Waals surface area (Å²) >= 11 is 0. The van der Waals surface area contributed by atoms with Gasteiger partial charge in [0.1, 0.15) is 0 Å². The summed E-state index contributed by atoms with van der Waals surface area (Å²) in [5.74, 6) is 1.92. The molecule has 1 aromatic heterocycles. The van der Waals surface area contributed by atoms with Gasteiger partial charge in [-0.15, -0.1) is 0 Å². The van der Waals surface area contributed by atoms with Gasteiger partial charge in [-0.3, -0.25) is 0 Å². The molecular formula is C64H39N3. The number of aromatic nitrogens is 3. The van der Waals surface area contributed by atoms with Gasteiger partial charge in [-0.25, -0.2) is 15.0 Å². The summed E-state index contributed by atoms with van der Waals surface area (Å²) in [7, 11) is 0. The number of rotatable bonds is 5. The summed E-state index contributed by atoms with van der Waals surface area (Å²) in [6.07, 6.45) is 0. The van der Waals surface area contributed by atoms with E-state index in [0.717, 1.165) is 27.8 Å². The third-order valence-electron chi connectivity index (χ3n) is 14.3. The quantitative estimate of drug-likeness (QED) is 0.162. The van der Waals surface area contributed by atoms with E-state index in [0.29, 0.717) is 17.5 Å². The van der Waals surface area contributed by atoms with E-state index in [2.05, 4.69) is 212 Å². The molecule has 0 amide bonds. The Hall–Kier alpha value is -8.79. The summed E-state index contributed by atoms with van der Waals surface area (Å²) in [5, 5.41) is 7.74. The van der Waals surface area contributed by atoms with Crippen molar-refractivity contribution in [3.8, 4) is 78.7 Å². The molecule has 1 unspecified atom stereocenters. The average Bonchev–Trinajstić information content (AvgIpc) is 3.87. The highest BCUT2D eigenvalue weighted by molar-refractivity contribution is 6.26. The number of hydrogen-bond acceptors (Lipinski definition) is 3. The second-order valence-electron chi connectivity index (χ2n) is 17.8. The Morgan fingerprint density at radius 3 is 1.10 bits per heavy atom. The van der Waals surface area contributed by atoms with Crippen molar-refractivity contribution in [2.45, 2.75) is 5.41 Å². The molecule has 1 spiro atoms. The Morgan fingerprint density at radius 1 is 0.209 bits per heavy atom. The maximum Gasteiger partial charge on any atom is 0.164 e. The lowest BCUT2D eigenvalue weighted by molar-refractivity contribution is 0.795. The molecule has 3 heteroatoms. The van der Waals surface area contributed by atoms with Crippen LogP contribution in [0.5, 0.6) is 0 Å². The van der Waals surface area contributed by atoms with Gasteiger partial charge in [0.25, 0.3) is 0 Å². The van der Waals surface area contributed by atoms with E-state index < -0.39 is 5.41 Å². The van der Waals surface area contributed by atoms with Crippen LogP contribution in [-0.4, -0.2) is 15.0 Å². The minimum Gasteiger partial charge on any atom is -0.208 e. The van der Waals surface area contributed by atoms with Crippen molar-refractivity contribution in [2.24, 2.45) is 0 Å². The van der Waals surface area contributed by atoms with Crippen molar-refractivity contribution in [2.75, 3.05) is 0 Å². The molecule has 0 saturated carbocycles. The molecule has 310 valence electrons. The third kappa shape index (κ3) is 5.62. The molecule has 2 aliphatic rings. The molecule has 0 aliphatic heterocycles. The highest BCUT2D eigenvalue weighted by Gasteiger charge is 2.52. The van der Waals surface area contributed by atoms with E-state index in [1.165, 1.54) is 88.0 Å². The first-order chi connectivity index (χ1) is 33.2. The number of nitrogens with zero attached hydrogens (tertiary/aromatic N) is 3. The van der Waals surface area contributed by atoms with Gasteiger partial charge in [-0.2, -0.15) is 0 Å². The molecule has 0 bridgehead atoms. The van der Waals surface area contributed by atoms with E-state index in [1.54, 1.807) is 0 Å². The van der Waals surface area contributed by atoms with Gasteiger partial charge in [0, 0.05) is 16.7 Å². The van der Waals surface area contributed by atoms with Gasteiger partial charge in [-0.1, -0.05) is 218 Å². The zero-order valence-electron chi connectivity index (χ0n) is 36.4. The molecule has 0 fully saturated rings. The monoisotopic (exact) mass is 849 g/mol. The van der Waals surface area contributed by atoms with Crippen LogP contribution in [0, 0.1) is 0 Å². The van der Waals surface area contributed by atoms with Crippen LogP contribution in [0.2, 0.25) is 0 Å². The fourth-order valence-corrected chi connectivity index (χ4v) is 11.3. The van der Waals surface area contributed by atoms with Crippen LogP contribution in [-0.2, 0) is 5.41 Å². The van der Waals surface area contributed by atoms with Crippen LogP contribution in [0.1, 0.15) is 22.3 Å². The molecule has 2 aliphatic carbocycles. The molecule has 0 N–H and O–H groups in total. The molecule has 1 atom stereocenters. The van der Waals surface area contributed by atoms with Gasteiger partial charge < -0.3 is 0 Å². The second kappa shape index (κ2) is 14.6. The summed E-state index contributed by atoms with van der Waals surface area (Å²) in [6.45, 7) is 0. The van der Waals surface area contributed by atoms with Gasteiger partial charge in [0.2, 0.25) is 0 Å². The zero-order valence-corrected chi connectivity index (χ0v) is 36.4. The Labute approximate surface area is 388 Å². The lowest BCUT2D eigenvalue weighted by Crippen LogP contribution is -2.25. The lowest BCUT2D eigenvalue weighted by Gasteiger charge is -2.31. The fraction of sp³-hybridized carbons (Fsp3) is 0.0156. The summed E-state index contributed by atoms with van der Waals surface area (Å²) in [6, 6.07) is 86.0. The SMILES string of the molecule is c1ccc(-c2ccc(-c3nc(-c4ccccc4)nc(-c4ccc(-c5ccc6c(c5)C5(c7ccccc7-6)c6ccccc6-c6cc7c8ccccc8c8ccccc8c7cc65)cc4)n3)cc2)cc1. The predicted octanol–water partition coefficient (Wildman–Crippen LogP) is 16.0. The van der Waals surface area contributed by atoms with Crippen molar-refractivity contribution >= 4 is 32.3 Å². The summed E-state index contributed by atoms with van der Waals surface area (Å²) < 4.78 is 0. The molecule has 0 radical (unpaired) electrons. The maximum absolute atomic E-state index is 5.10. The minimum atomic E-state index is -0.497. The minimum absolute atomic E-state index is 0.497. The third-order valence-corrected chi connectivity index (χ3v) is 14.3. The van der Waals surface area contributed by atoms with E-state index in [-0.39, 0.29) is 0 Å². The van der Waals surface area contributed by atoms with Gasteiger partial charge in [0.05, 0.1) is 5.41 Å². The molecule has 11 aromatic carbocycles. The predicted molar refractivity (Wildman–Crippen MR) is 276 cm³/mol. The molecule has 67 heavy (non-hydrogen) atoms. The summed E-state index contributed by atoms with van der Waals surface area (Å²) in [5.41, 5.74) is 17.5. The highest BCUT2D eigenvalue weighted by atomic mass is 15.0. The number of fused-ring (bicyclic) bond motifs is 16. The van der Waals surface area contributed by atoms with Gasteiger partial charge in [-0.05, 0) is 117 Å². The maximum atomic E-state index is 5.10. The van der Waals surface area contributed by atoms with Crippen LogP contribution in [0.25, 0.3) is 111 Å². The van der Waals surface area contributed by atoms with E-state index >= 15 is 0 Å². The molecule has 3 nitrogen and oxygen atoms in total. The van der Waals surface area contributed by atoms with Crippen molar-refractivity contribution in [3.63, 3.8) is 0 Å². The standard InChI is InChI=1S/C64H39N3/c1-3-15-40(16-4-1)41-27-31-44(32-28-41)62-65-61(43-17-5-2-6-18-43)66-63(67-62)45-33-29-42(30-34-45)46-35-36-53-51-23-11-13-25-57(51)64(59(53)37-46)58-26-14-12-24-52(58)56-38-54-49-21-9-7-19-47(49)48-20-8-10-22-50(48)55(54)39-60(56)64/h1-39H. The Morgan fingerprint density at radius 2 is 0.552 bits per heavy atom. The first-order valence-corrected chi connectivity index (χ1v) is 23.0. The van der Waals surface area contributed by atoms with Gasteiger partial charge in [0.15, 0.2) is 17.5 Å². The average molecular weight is 850 g/mol. The van der Waals surface area contributed by atoms with Gasteiger partial charge >= 0.3 is 0 Å².